The summed E-state index contributed by atoms with van der Waals surface area (Å²) in [4.78, 5) is 34.1. The molecule has 1 aromatic heterocycles. The number of nitrogens with one attached hydrogen (secondary N) is 2. The topological polar surface area (TPSA) is 289 Å². The summed E-state index contributed by atoms with van der Waals surface area (Å²) in [6.45, 7) is 9.40. The Labute approximate surface area is 400 Å². The summed E-state index contributed by atoms with van der Waals surface area (Å²) in [5.74, 6) is -1.45. The van der Waals surface area contributed by atoms with Gasteiger partial charge in [0.15, 0.2) is 11.8 Å². The van der Waals surface area contributed by atoms with Gasteiger partial charge in [0, 0.05) is 84.5 Å². The molecular weight excluding hydrogens is 937 g/mol. The first-order valence-corrected chi connectivity index (χ1v) is 27.6. The van der Waals surface area contributed by atoms with Crippen molar-refractivity contribution in [2.24, 2.45) is 16.4 Å². The lowest BCUT2D eigenvalue weighted by Crippen LogP contribution is -2.42. The monoisotopic (exact) mass is 1000 g/mol. The second-order valence-corrected chi connectivity index (χ2v) is 23.4. The molecule has 1 fully saturated rings. The second-order valence-electron chi connectivity index (χ2n) is 18.6. The number of aryl methyl sites for hydroxylation is 1. The van der Waals surface area contributed by atoms with Gasteiger partial charge in [-0.3, -0.25) is 28.2 Å². The largest absolute Gasteiger partial charge is 0.354 e. The molecule has 5 rings (SSSR count). The average Bonchev–Trinajstić information content (AvgIpc) is 3.61. The molecule has 0 saturated heterocycles. The molecule has 0 spiro atoms. The molecule has 0 bridgehead atoms. The lowest BCUT2D eigenvalue weighted by Gasteiger charge is -2.33. The van der Waals surface area contributed by atoms with E-state index in [4.69, 9.17) is 5.53 Å². The van der Waals surface area contributed by atoms with Gasteiger partial charge in [-0.2, -0.15) is 25.3 Å². The maximum absolute atomic E-state index is 12.7. The fraction of sp³-hybridized carbons (Fsp3) is 0.565. The minimum Gasteiger partial charge on any atom is -0.354 e. The molecule has 19 nitrogen and oxygen atoms in total. The molecule has 4 atom stereocenters. The normalized spacial score (nSPS) is 22.1. The summed E-state index contributed by atoms with van der Waals surface area (Å²) in [5.41, 5.74) is 13.2. The van der Waals surface area contributed by atoms with Crippen LogP contribution in [0, 0.1) is 18.3 Å². The number of carbonyl (C=O) groups excluding carboxylic acids is 2. The van der Waals surface area contributed by atoms with Crippen LogP contribution >= 0.6 is 0 Å². The number of allylic oxidation sites excluding steroid dienone is 6. The summed E-state index contributed by atoms with van der Waals surface area (Å²) < 4.78 is 102. The van der Waals surface area contributed by atoms with Gasteiger partial charge in [-0.25, -0.2) is 4.58 Å². The first kappa shape index (κ1) is 54.0. The molecule has 22 heteroatoms. The Balaban J connectivity index is 1.28. The van der Waals surface area contributed by atoms with Crippen molar-refractivity contribution in [1.29, 1.82) is 0 Å². The van der Waals surface area contributed by atoms with Crippen LogP contribution in [-0.4, -0.2) is 115 Å². The number of carbonyl (C=O) groups is 2. The Morgan fingerprint density at radius 1 is 0.926 bits per heavy atom. The number of anilines is 1. The van der Waals surface area contributed by atoms with Crippen LogP contribution in [0.4, 0.5) is 5.69 Å². The number of nitrogens with zero attached hydrogens (tertiary/aromatic N) is 6. The van der Waals surface area contributed by atoms with E-state index in [2.05, 4.69) is 48.1 Å². The van der Waals surface area contributed by atoms with E-state index >= 15 is 0 Å². The zero-order valence-corrected chi connectivity index (χ0v) is 41.6. The molecule has 5 N–H and O–H groups in total. The van der Waals surface area contributed by atoms with Crippen LogP contribution in [0.25, 0.3) is 10.4 Å². The summed E-state index contributed by atoms with van der Waals surface area (Å²) >= 11 is 0. The number of benzene rings is 1. The molecule has 4 unspecified atom stereocenters. The van der Waals surface area contributed by atoms with Crippen LogP contribution in [-0.2, 0) is 47.1 Å². The molecule has 2 aliphatic heterocycles. The van der Waals surface area contributed by atoms with Crippen molar-refractivity contribution < 1.29 is 53.1 Å². The zero-order chi connectivity index (χ0) is 49.9. The lowest BCUT2D eigenvalue weighted by atomic mass is 9.69. The van der Waals surface area contributed by atoms with Crippen molar-refractivity contribution in [1.82, 2.24) is 15.6 Å². The molecule has 3 heterocycles. The summed E-state index contributed by atoms with van der Waals surface area (Å²) in [7, 11) is -12.7. The van der Waals surface area contributed by atoms with Gasteiger partial charge in [0.25, 0.3) is 36.3 Å². The maximum Gasteiger partial charge on any atom is 0.267 e. The van der Waals surface area contributed by atoms with Gasteiger partial charge in [-0.05, 0) is 95.2 Å². The van der Waals surface area contributed by atoms with Crippen LogP contribution in [0.5, 0.6) is 0 Å². The number of hydrogen-bond acceptors (Lipinski definition) is 11. The Kier molecular flexibility index (Phi) is 18.3. The molecule has 2 amide bonds. The van der Waals surface area contributed by atoms with Gasteiger partial charge < -0.3 is 15.5 Å². The first-order chi connectivity index (χ1) is 31.9. The van der Waals surface area contributed by atoms with Crippen molar-refractivity contribution in [3.63, 3.8) is 0 Å². The highest BCUT2D eigenvalue weighted by Crippen LogP contribution is 2.51. The molecule has 372 valence electrons. The first-order valence-electron chi connectivity index (χ1n) is 22.9. The molecule has 1 aromatic carbocycles. The highest BCUT2D eigenvalue weighted by atomic mass is 32.2. The molecule has 68 heavy (non-hydrogen) atoms. The van der Waals surface area contributed by atoms with Crippen molar-refractivity contribution >= 4 is 53.6 Å². The van der Waals surface area contributed by atoms with Crippen molar-refractivity contribution in [2.75, 3.05) is 42.6 Å². The van der Waals surface area contributed by atoms with Gasteiger partial charge in [-0.15, -0.1) is 0 Å². The van der Waals surface area contributed by atoms with Crippen molar-refractivity contribution in [2.45, 2.75) is 115 Å². The number of unbranched alkanes of at least 4 members (excludes halogenated alkanes) is 2. The zero-order valence-electron chi connectivity index (χ0n) is 39.1. The predicted molar refractivity (Wildman–Crippen MR) is 260 cm³/mol. The lowest BCUT2D eigenvalue weighted by molar-refractivity contribution is -0.566. The maximum atomic E-state index is 12.7. The molecular formula is C46H65N8O11S3+. The van der Waals surface area contributed by atoms with E-state index in [1.165, 1.54) is 6.20 Å². The predicted octanol–water partition coefficient (Wildman–Crippen LogP) is 6.25. The molecule has 0 radical (unpaired) electrons. The number of pyridine rings is 1. The summed E-state index contributed by atoms with van der Waals surface area (Å²) in [6.07, 6.45) is 15.5. The van der Waals surface area contributed by atoms with Gasteiger partial charge >= 0.3 is 0 Å². The molecule has 2 aromatic rings. The van der Waals surface area contributed by atoms with Gasteiger partial charge in [0.05, 0.1) is 34.3 Å². The second kappa shape index (κ2) is 23.1. The van der Waals surface area contributed by atoms with Crippen LogP contribution in [0.15, 0.2) is 77.7 Å². The fourth-order valence-corrected chi connectivity index (χ4v) is 11.9. The van der Waals surface area contributed by atoms with Crippen molar-refractivity contribution in [3.05, 3.63) is 105 Å². The molecule has 1 saturated carbocycles. The highest BCUT2D eigenvalue weighted by molar-refractivity contribution is 7.86. The highest BCUT2D eigenvalue weighted by Gasteiger charge is 2.57. The smallest absolute Gasteiger partial charge is 0.267 e. The number of fused-ring (bicyclic) bond motifs is 2. The summed E-state index contributed by atoms with van der Waals surface area (Å²) in [5, 5.41) is 8.15. The van der Waals surface area contributed by atoms with Gasteiger partial charge in [0.2, 0.25) is 5.91 Å². The van der Waals surface area contributed by atoms with Crippen LogP contribution < -0.4 is 15.5 Å². The molecule has 1 aliphatic carbocycles. The van der Waals surface area contributed by atoms with Gasteiger partial charge in [0.1, 0.15) is 6.54 Å². The van der Waals surface area contributed by atoms with E-state index in [1.54, 1.807) is 12.1 Å². The van der Waals surface area contributed by atoms with E-state index in [1.807, 2.05) is 63.3 Å². The average molecular weight is 1000 g/mol. The van der Waals surface area contributed by atoms with E-state index in [9.17, 15) is 48.5 Å². The van der Waals surface area contributed by atoms with E-state index < -0.39 is 57.9 Å². The van der Waals surface area contributed by atoms with Crippen LogP contribution in [0.1, 0.15) is 112 Å². The number of aromatic nitrogens is 1. The Morgan fingerprint density at radius 3 is 2.32 bits per heavy atom. The Morgan fingerprint density at radius 2 is 1.65 bits per heavy atom. The minimum atomic E-state index is -4.25. The van der Waals surface area contributed by atoms with E-state index in [-0.39, 0.29) is 69.1 Å². The number of azide groups is 1. The standard InChI is InChI=1S/C46H64N8O11S3/c1-33-16-20-40-38(29-33)46(4,22-10-6-9-15-43(55)48-23-24-49-44(56)34-17-18-35(50-31-34)32-51-52-47)42(54(40)26-12-28-67(60,61)62)14-8-5-7-13-41-45(2,3)37-30-36(68(63,64)65)19-21-39(37)53(41)25-11-27-66(57,58)59/h5,7-8,13-14,16-18,20,29,31,36-37,39H,6,9-12,15,19,21-28,30,32H2,1-4H3,(H4-,48,49,55,56,57,58,59,60,61,62,63,64,65)/p+1. The van der Waals surface area contributed by atoms with Crippen molar-refractivity contribution in [3.8, 4) is 0 Å². The summed E-state index contributed by atoms with van der Waals surface area (Å²) in [6, 6.07) is 9.26. The van der Waals surface area contributed by atoms with Crippen LogP contribution in [0.2, 0.25) is 0 Å². The van der Waals surface area contributed by atoms with Gasteiger partial charge in [-0.1, -0.05) is 53.9 Å². The molecule has 3 aliphatic rings. The Hall–Kier alpha value is -4.96. The van der Waals surface area contributed by atoms with E-state index in [0.29, 0.717) is 50.0 Å². The third kappa shape index (κ3) is 14.5. The fourth-order valence-electron chi connectivity index (χ4n) is 9.99. The minimum absolute atomic E-state index is 0.0822. The number of hydrogen-bond donors (Lipinski definition) is 5. The number of amides is 2. The SMILES string of the molecule is Cc1ccc2c(c1)C(C)(CCCCCC(=O)NCCNC(=O)c1ccc(CN=[N+]=[N-])nc1)C(=CC=CC=CC1=[N+](CCCS(=O)(=O)O)C3CCC(S(=O)(=O)O)CC3C1(C)C)N2CCCS(=O)(=O)O. The third-order valence-electron chi connectivity index (χ3n) is 13.4. The number of rotatable bonds is 24. The van der Waals surface area contributed by atoms with Crippen LogP contribution in [0.3, 0.4) is 0 Å². The quantitative estimate of drug-likeness (QED) is 0.0148. The van der Waals surface area contributed by atoms with E-state index in [0.717, 1.165) is 41.1 Å². The third-order valence-corrected chi connectivity index (χ3v) is 16.3. The Bertz CT molecular complexity index is 2680.